The second-order valence-corrected chi connectivity index (χ2v) is 8.84. The molecule has 0 saturated carbocycles. The number of hydrogen-bond acceptors (Lipinski definition) is 7. The first-order valence-electron chi connectivity index (χ1n) is 10.8. The van der Waals surface area contributed by atoms with Crippen molar-refractivity contribution in [2.24, 2.45) is 5.41 Å². The van der Waals surface area contributed by atoms with Gasteiger partial charge in [-0.2, -0.15) is 0 Å². The largest absolute Gasteiger partial charge is 0.372 e. The summed E-state index contributed by atoms with van der Waals surface area (Å²) in [4.78, 5) is 53.9. The van der Waals surface area contributed by atoms with Crippen LogP contribution in [0.5, 0.6) is 0 Å². The number of nitrogens with one attached hydrogen (secondary N) is 1. The molecule has 4 atom stereocenters. The fourth-order valence-corrected chi connectivity index (χ4v) is 5.45. The Morgan fingerprint density at radius 2 is 1.85 bits per heavy atom. The maximum absolute atomic E-state index is 14.1. The second-order valence-electron chi connectivity index (χ2n) is 8.84. The van der Waals surface area contributed by atoms with E-state index in [1.54, 1.807) is 13.0 Å². The van der Waals surface area contributed by atoms with Gasteiger partial charge in [-0.3, -0.25) is 25.0 Å². The molecule has 2 fully saturated rings. The van der Waals surface area contributed by atoms with Crippen molar-refractivity contribution in [2.75, 3.05) is 16.3 Å². The third kappa shape index (κ3) is 3.07. The summed E-state index contributed by atoms with van der Waals surface area (Å²) >= 11 is 0. The van der Waals surface area contributed by atoms with E-state index in [0.717, 1.165) is 17.0 Å². The molecule has 3 heterocycles. The van der Waals surface area contributed by atoms with Crippen molar-refractivity contribution >= 4 is 34.9 Å². The van der Waals surface area contributed by atoms with Crippen molar-refractivity contribution in [1.29, 1.82) is 0 Å². The number of non-ortho nitro benzene ring substituents is 1. The number of amides is 4. The number of carbonyl (C=O) groups is 3. The molecule has 3 aliphatic heterocycles. The Hall–Kier alpha value is -3.86. The summed E-state index contributed by atoms with van der Waals surface area (Å²) < 4.78 is 19.5. The van der Waals surface area contributed by atoms with Gasteiger partial charge in [-0.05, 0) is 49.7 Å². The quantitative estimate of drug-likeness (QED) is 0.408. The molecule has 176 valence electrons. The number of hydrogen-bond donors (Lipinski definition) is 1. The summed E-state index contributed by atoms with van der Waals surface area (Å²) in [5.41, 5.74) is -0.746. The van der Waals surface area contributed by atoms with E-state index < -0.39 is 46.1 Å². The van der Waals surface area contributed by atoms with Gasteiger partial charge in [0.15, 0.2) is 5.41 Å². The predicted octanol–water partition coefficient (Wildman–Crippen LogP) is 2.54. The average molecular weight is 468 g/mol. The number of rotatable bonds is 2. The number of urea groups is 1. The molecule has 1 N–H and O–H groups in total. The lowest BCUT2D eigenvalue weighted by atomic mass is 9.66. The normalized spacial score (nSPS) is 28.4. The third-order valence-electron chi connectivity index (χ3n) is 6.74. The molecule has 2 aromatic carbocycles. The van der Waals surface area contributed by atoms with Crippen LogP contribution < -0.4 is 15.1 Å². The number of nitro groups is 1. The first-order chi connectivity index (χ1) is 16.1. The summed E-state index contributed by atoms with van der Waals surface area (Å²) in [5, 5.41) is 13.7. The molecular weight excluding hydrogens is 447 g/mol. The SMILES string of the molecule is CC1CN2c3ccc([N+](=O)[O-])cc3CC3(C(=O)NC(=O)N(c4ccc(F)cc4)C3=O)C2C(C)O1. The lowest BCUT2D eigenvalue weighted by Gasteiger charge is -2.56. The van der Waals surface area contributed by atoms with E-state index in [1.165, 1.54) is 24.3 Å². The van der Waals surface area contributed by atoms with Gasteiger partial charge in [-0.15, -0.1) is 0 Å². The number of fused-ring (bicyclic) bond motifs is 4. The summed E-state index contributed by atoms with van der Waals surface area (Å²) in [5.74, 6) is -2.13. The van der Waals surface area contributed by atoms with Crippen LogP contribution in [-0.4, -0.2) is 47.6 Å². The fraction of sp³-hybridized carbons (Fsp3) is 0.348. The molecule has 11 heteroatoms. The van der Waals surface area contributed by atoms with E-state index in [0.29, 0.717) is 17.8 Å². The monoisotopic (exact) mass is 468 g/mol. The van der Waals surface area contributed by atoms with Crippen molar-refractivity contribution in [3.05, 3.63) is 64.0 Å². The van der Waals surface area contributed by atoms with Crippen LogP contribution in [0.25, 0.3) is 0 Å². The van der Waals surface area contributed by atoms with Crippen LogP contribution in [0.1, 0.15) is 19.4 Å². The molecule has 2 saturated heterocycles. The van der Waals surface area contributed by atoms with Crippen LogP contribution in [0.2, 0.25) is 0 Å². The van der Waals surface area contributed by atoms with Gasteiger partial charge >= 0.3 is 6.03 Å². The molecular formula is C23H21FN4O6. The minimum Gasteiger partial charge on any atom is -0.372 e. The number of nitrogens with zero attached hydrogens (tertiary/aromatic N) is 3. The Kier molecular flexibility index (Phi) is 4.90. The highest BCUT2D eigenvalue weighted by atomic mass is 19.1. The van der Waals surface area contributed by atoms with Crippen molar-refractivity contribution in [2.45, 2.75) is 38.5 Å². The van der Waals surface area contributed by atoms with Gasteiger partial charge in [0.05, 0.1) is 28.9 Å². The van der Waals surface area contributed by atoms with E-state index in [4.69, 9.17) is 4.74 Å². The molecule has 3 aliphatic rings. The molecule has 1 spiro atoms. The van der Waals surface area contributed by atoms with E-state index in [-0.39, 0.29) is 23.9 Å². The number of ether oxygens (including phenoxy) is 1. The maximum atomic E-state index is 14.1. The Labute approximate surface area is 193 Å². The standard InChI is InChI=1S/C23H21FN4O6/c1-12-11-26-18-8-7-17(28(32)33)9-14(18)10-23(19(26)13(2)34-12)20(29)25-22(31)27(21(23)30)16-5-3-15(24)4-6-16/h3-9,12-13,19H,10-11H2,1-2H3,(H,25,29,31). The zero-order valence-electron chi connectivity index (χ0n) is 18.4. The minimum absolute atomic E-state index is 0.102. The van der Waals surface area contributed by atoms with Crippen molar-refractivity contribution in [3.8, 4) is 0 Å². The number of imide groups is 2. The first-order valence-corrected chi connectivity index (χ1v) is 10.8. The van der Waals surface area contributed by atoms with Gasteiger partial charge in [-0.1, -0.05) is 0 Å². The second kappa shape index (κ2) is 7.59. The summed E-state index contributed by atoms with van der Waals surface area (Å²) in [6.45, 7) is 3.95. The van der Waals surface area contributed by atoms with Crippen LogP contribution in [-0.2, 0) is 20.7 Å². The molecule has 0 aromatic heterocycles. The number of carbonyl (C=O) groups excluding carboxylic acids is 3. The van der Waals surface area contributed by atoms with Crippen molar-refractivity contribution in [1.82, 2.24) is 5.32 Å². The molecule has 4 unspecified atom stereocenters. The number of nitro benzene ring substituents is 1. The van der Waals surface area contributed by atoms with Gasteiger partial charge in [0.25, 0.3) is 11.6 Å². The first kappa shape index (κ1) is 22.0. The fourth-order valence-electron chi connectivity index (χ4n) is 5.45. The van der Waals surface area contributed by atoms with Gasteiger partial charge in [-0.25, -0.2) is 14.1 Å². The van der Waals surface area contributed by atoms with Gasteiger partial charge < -0.3 is 9.64 Å². The van der Waals surface area contributed by atoms with E-state index in [9.17, 15) is 28.9 Å². The van der Waals surface area contributed by atoms with Gasteiger partial charge in [0.2, 0.25) is 5.91 Å². The van der Waals surface area contributed by atoms with Crippen LogP contribution in [0.3, 0.4) is 0 Å². The van der Waals surface area contributed by atoms with Gasteiger partial charge in [0.1, 0.15) is 5.82 Å². The van der Waals surface area contributed by atoms with Crippen molar-refractivity contribution < 1.29 is 28.4 Å². The molecule has 0 radical (unpaired) electrons. The highest BCUT2D eigenvalue weighted by molar-refractivity contribution is 6.30. The van der Waals surface area contributed by atoms with Crippen LogP contribution in [0.15, 0.2) is 42.5 Å². The zero-order chi connectivity index (χ0) is 24.4. The Bertz CT molecular complexity index is 1230. The minimum atomic E-state index is -1.80. The Balaban J connectivity index is 1.70. The Morgan fingerprint density at radius 3 is 2.53 bits per heavy atom. The number of benzene rings is 2. The summed E-state index contributed by atoms with van der Waals surface area (Å²) in [6, 6.07) is 7.41. The molecule has 34 heavy (non-hydrogen) atoms. The summed E-state index contributed by atoms with van der Waals surface area (Å²) in [7, 11) is 0. The highest BCUT2D eigenvalue weighted by Gasteiger charge is 2.65. The lowest BCUT2D eigenvalue weighted by molar-refractivity contribution is -0.384. The predicted molar refractivity (Wildman–Crippen MR) is 118 cm³/mol. The number of barbiturate groups is 1. The molecule has 2 aromatic rings. The Morgan fingerprint density at radius 1 is 1.15 bits per heavy atom. The molecule has 4 amide bonds. The number of anilines is 2. The smallest absolute Gasteiger partial charge is 0.335 e. The molecule has 5 rings (SSSR count). The van der Waals surface area contributed by atoms with Crippen LogP contribution in [0, 0.1) is 21.3 Å². The molecule has 10 nitrogen and oxygen atoms in total. The number of morpholine rings is 1. The van der Waals surface area contributed by atoms with Crippen LogP contribution >= 0.6 is 0 Å². The molecule has 0 aliphatic carbocycles. The lowest BCUT2D eigenvalue weighted by Crippen LogP contribution is -2.76. The van der Waals surface area contributed by atoms with E-state index in [1.807, 2.05) is 11.8 Å². The van der Waals surface area contributed by atoms with Gasteiger partial charge in [0, 0.05) is 30.8 Å². The zero-order valence-corrected chi connectivity index (χ0v) is 18.4. The van der Waals surface area contributed by atoms with Crippen LogP contribution in [0.4, 0.5) is 26.2 Å². The topological polar surface area (TPSA) is 122 Å². The summed E-state index contributed by atoms with van der Waals surface area (Å²) in [6.07, 6.45) is -0.978. The van der Waals surface area contributed by atoms with Crippen molar-refractivity contribution in [3.63, 3.8) is 0 Å². The molecule has 0 bridgehead atoms. The third-order valence-corrected chi connectivity index (χ3v) is 6.74. The van der Waals surface area contributed by atoms with E-state index in [2.05, 4.69) is 5.32 Å². The maximum Gasteiger partial charge on any atom is 0.335 e. The van der Waals surface area contributed by atoms with E-state index >= 15 is 0 Å². The average Bonchev–Trinajstić information content (AvgIpc) is 2.78. The highest BCUT2D eigenvalue weighted by Crippen LogP contribution is 2.48. The number of halogens is 1.